The van der Waals surface area contributed by atoms with Crippen molar-refractivity contribution in [2.75, 3.05) is 0 Å². The topological polar surface area (TPSA) is 0 Å². The van der Waals surface area contributed by atoms with Gasteiger partial charge in [0.1, 0.15) is 0 Å². The van der Waals surface area contributed by atoms with Crippen LogP contribution in [0.1, 0.15) is 0 Å². The summed E-state index contributed by atoms with van der Waals surface area (Å²) >= 11 is 19.3. The maximum atomic E-state index is 4.81. The molecule has 0 aromatic heterocycles. The van der Waals surface area contributed by atoms with Gasteiger partial charge in [-0.1, -0.05) is 34.8 Å². The third kappa shape index (κ3) is 49.6. The van der Waals surface area contributed by atoms with Gasteiger partial charge in [-0.15, -0.1) is 0 Å². The molecule has 0 aromatic carbocycles. The van der Waals surface area contributed by atoms with Gasteiger partial charge < -0.3 is 0 Å². The summed E-state index contributed by atoms with van der Waals surface area (Å²) in [4.78, 5) is 0. The first-order valence-corrected chi connectivity index (χ1v) is 20.6. The van der Waals surface area contributed by atoms with Crippen molar-refractivity contribution in [2.45, 2.75) is 4.30 Å². The monoisotopic (exact) mass is 436 g/mol. The molecule has 0 amide bonds. The second kappa shape index (κ2) is 11.7. The van der Waals surface area contributed by atoms with Gasteiger partial charge in [0.15, 0.2) is 4.30 Å². The molecule has 0 aliphatic carbocycles. The molecule has 0 saturated carbocycles. The Morgan fingerprint density at radius 3 is 1.14 bits per heavy atom. The first-order chi connectivity index (χ1) is 3.15. The van der Waals surface area contributed by atoms with Gasteiger partial charge >= 0.3 is 49.6 Å². The summed E-state index contributed by atoms with van der Waals surface area (Å²) in [6, 6.07) is 0. The van der Waals surface area contributed by atoms with Crippen molar-refractivity contribution in [1.82, 2.24) is 0 Å². The Morgan fingerprint density at radius 2 is 1.14 bits per heavy atom. The van der Waals surface area contributed by atoms with Crippen molar-refractivity contribution in [3.63, 3.8) is 0 Å². The maximum absolute atomic E-state index is 4.81. The van der Waals surface area contributed by atoms with Crippen LogP contribution < -0.4 is 0 Å². The standard InChI is InChI=1S/CHCl3.2HI.Zn/c2-1(3)4;;;/h1H;2*1H;/q;;;+2/p-2. The molecular formula is CHCl3I2Zn. The predicted molar refractivity (Wildman–Crippen MR) is 49.4 cm³/mol. The van der Waals surface area contributed by atoms with Gasteiger partial charge in [0.25, 0.3) is 0 Å². The summed E-state index contributed by atoms with van der Waals surface area (Å²) in [5.74, 6) is 0. The molecule has 7 heavy (non-hydrogen) atoms. The van der Waals surface area contributed by atoms with Crippen molar-refractivity contribution < 1.29 is 10.1 Å². The fourth-order valence-electron chi connectivity index (χ4n) is 0. The van der Waals surface area contributed by atoms with Gasteiger partial charge in [-0.3, -0.25) is 0 Å². The van der Waals surface area contributed by atoms with Gasteiger partial charge in [0.05, 0.1) is 0 Å². The molecule has 0 radical (unpaired) electrons. The van der Waals surface area contributed by atoms with E-state index in [1.807, 2.05) is 0 Å². The van der Waals surface area contributed by atoms with Crippen LogP contribution in [0.2, 0.25) is 0 Å². The van der Waals surface area contributed by atoms with E-state index in [9.17, 15) is 0 Å². The van der Waals surface area contributed by atoms with Gasteiger partial charge in [0.2, 0.25) is 0 Å². The van der Waals surface area contributed by atoms with Crippen LogP contribution in [0.15, 0.2) is 0 Å². The Morgan fingerprint density at radius 1 is 1.14 bits per heavy atom. The molecule has 0 nitrogen and oxygen atoms in total. The third-order valence-electron chi connectivity index (χ3n) is 0. The quantitative estimate of drug-likeness (QED) is 0.307. The zero-order valence-corrected chi connectivity index (χ0v) is 12.7. The van der Waals surface area contributed by atoms with Crippen molar-refractivity contribution >= 4 is 74.3 Å². The zero-order valence-electron chi connectivity index (χ0n) is 3.17. The summed E-state index contributed by atoms with van der Waals surface area (Å²) in [7, 11) is 0.0650. The number of rotatable bonds is 0. The second-order valence-corrected chi connectivity index (χ2v) is 25.8. The summed E-state index contributed by atoms with van der Waals surface area (Å²) in [5.41, 5.74) is 0. The molecule has 0 spiro atoms. The minimum absolute atomic E-state index is 0.0650. The average Bonchev–Trinajstić information content (AvgIpc) is 1.33. The van der Waals surface area contributed by atoms with E-state index >= 15 is 0 Å². The van der Waals surface area contributed by atoms with Crippen molar-refractivity contribution in [3.05, 3.63) is 0 Å². The Kier molecular flexibility index (Phi) is 21.1. The molecule has 0 aliphatic heterocycles. The van der Waals surface area contributed by atoms with Crippen LogP contribution in [0.4, 0.5) is 0 Å². The number of hydrogen-bond acceptors (Lipinski definition) is 0. The molecule has 0 aromatic rings. The Hall–Kier alpha value is 2.95. The summed E-state index contributed by atoms with van der Waals surface area (Å²) in [6.07, 6.45) is 0. The molecule has 0 unspecified atom stereocenters. The fraction of sp³-hybridized carbons (Fsp3) is 1.00. The molecular weight excluding hydrogens is 438 g/mol. The molecule has 0 N–H and O–H groups in total. The van der Waals surface area contributed by atoms with Crippen LogP contribution in [0.5, 0.6) is 0 Å². The van der Waals surface area contributed by atoms with Crippen LogP contribution in [-0.2, 0) is 10.1 Å². The normalized spacial score (nSPS) is 6.57. The van der Waals surface area contributed by atoms with Crippen LogP contribution in [0.25, 0.3) is 0 Å². The van der Waals surface area contributed by atoms with E-state index in [1.54, 1.807) is 0 Å². The fourth-order valence-corrected chi connectivity index (χ4v) is 0. The van der Waals surface area contributed by atoms with Crippen molar-refractivity contribution in [3.8, 4) is 0 Å². The molecule has 0 rings (SSSR count). The van der Waals surface area contributed by atoms with E-state index in [4.69, 9.17) is 34.8 Å². The number of halogens is 5. The Balaban J connectivity index is 0. The van der Waals surface area contributed by atoms with E-state index in [0.29, 0.717) is 0 Å². The van der Waals surface area contributed by atoms with E-state index in [0.717, 1.165) is 0 Å². The number of alkyl halides is 3. The predicted octanol–water partition coefficient (Wildman–Crippen LogP) is 3.76. The van der Waals surface area contributed by atoms with Gasteiger partial charge in [-0.05, 0) is 0 Å². The first kappa shape index (κ1) is 12.6. The third-order valence-corrected chi connectivity index (χ3v) is 0. The van der Waals surface area contributed by atoms with E-state index in [2.05, 4.69) is 39.5 Å². The summed E-state index contributed by atoms with van der Waals surface area (Å²) in [5, 5.41) is 0. The van der Waals surface area contributed by atoms with Gasteiger partial charge in [-0.2, -0.15) is 0 Å². The van der Waals surface area contributed by atoms with Crippen molar-refractivity contribution in [2.24, 2.45) is 0 Å². The molecule has 0 aliphatic rings. The Labute approximate surface area is 87.0 Å². The van der Waals surface area contributed by atoms with Crippen LogP contribution in [0.3, 0.4) is 0 Å². The molecule has 6 heteroatoms. The zero-order chi connectivity index (χ0) is 6.28. The minimum atomic E-state index is -0.750. The van der Waals surface area contributed by atoms with E-state index in [-0.39, 0.29) is 10.1 Å². The van der Waals surface area contributed by atoms with Crippen LogP contribution in [-0.4, -0.2) is 4.30 Å². The Bertz CT molecular complexity index is 24.1. The number of hydrogen-bond donors (Lipinski definition) is 0. The van der Waals surface area contributed by atoms with E-state index in [1.165, 1.54) is 0 Å². The van der Waals surface area contributed by atoms with Crippen molar-refractivity contribution in [1.29, 1.82) is 0 Å². The van der Waals surface area contributed by atoms with Crippen LogP contribution in [0, 0.1) is 0 Å². The molecule has 0 atom stereocenters. The molecule has 42 valence electrons. The molecule has 0 heterocycles. The first-order valence-electron chi connectivity index (χ1n) is 1.19. The van der Waals surface area contributed by atoms with Crippen LogP contribution >= 0.6 is 74.3 Å². The average molecular weight is 439 g/mol. The summed E-state index contributed by atoms with van der Waals surface area (Å²) < 4.78 is -0.750. The molecule has 0 saturated heterocycles. The SMILES string of the molecule is ClC(Cl)Cl.[I][Zn][I]. The molecule has 0 bridgehead atoms. The van der Waals surface area contributed by atoms with E-state index < -0.39 is 4.30 Å². The summed E-state index contributed by atoms with van der Waals surface area (Å²) in [6.45, 7) is 0. The van der Waals surface area contributed by atoms with Gasteiger partial charge in [-0.25, -0.2) is 0 Å². The van der Waals surface area contributed by atoms with Gasteiger partial charge in [0, 0.05) is 0 Å². The molecule has 0 fully saturated rings. The second-order valence-electron chi connectivity index (χ2n) is 0.348.